The summed E-state index contributed by atoms with van der Waals surface area (Å²) in [5.41, 5.74) is 1.40. The van der Waals surface area contributed by atoms with Crippen LogP contribution in [-0.2, 0) is 13.1 Å². The van der Waals surface area contributed by atoms with Gasteiger partial charge in [-0.1, -0.05) is 36.4 Å². The molecule has 1 amide bonds. The van der Waals surface area contributed by atoms with Crippen molar-refractivity contribution in [2.45, 2.75) is 13.1 Å². The van der Waals surface area contributed by atoms with Crippen molar-refractivity contribution in [2.75, 3.05) is 4.90 Å². The molecule has 0 fully saturated rings. The lowest BCUT2D eigenvalue weighted by Crippen LogP contribution is -2.35. The van der Waals surface area contributed by atoms with Gasteiger partial charge in [-0.15, -0.1) is 0 Å². The highest BCUT2D eigenvalue weighted by atomic mass is 16.2. The van der Waals surface area contributed by atoms with E-state index in [2.05, 4.69) is 11.2 Å². The molecule has 0 N–H and O–H groups in total. The quantitative estimate of drug-likeness (QED) is 0.734. The monoisotopic (exact) mass is 331 g/mol. The van der Waals surface area contributed by atoms with Crippen LogP contribution in [0, 0.1) is 11.3 Å². The molecule has 0 atom stereocenters. The summed E-state index contributed by atoms with van der Waals surface area (Å²) in [5, 5.41) is 13.4. The lowest BCUT2D eigenvalue weighted by atomic mass is 10.1. The molecule has 0 bridgehead atoms. The second kappa shape index (κ2) is 5.76. The molecule has 0 aliphatic carbocycles. The van der Waals surface area contributed by atoms with Crippen LogP contribution in [0.25, 0.3) is 0 Å². The SMILES string of the molecule is N#Cc1ccccc1Cn1nc2n(c1=O)C(=O)N(c1ccccc1)C2. The molecule has 2 aromatic carbocycles. The van der Waals surface area contributed by atoms with E-state index in [1.54, 1.807) is 24.3 Å². The maximum atomic E-state index is 12.6. The molecule has 0 spiro atoms. The van der Waals surface area contributed by atoms with Crippen LogP contribution in [-0.4, -0.2) is 20.4 Å². The highest BCUT2D eigenvalue weighted by molar-refractivity contribution is 5.95. The van der Waals surface area contributed by atoms with Gasteiger partial charge in [-0.2, -0.15) is 14.9 Å². The second-order valence-electron chi connectivity index (χ2n) is 5.67. The number of carbonyl (C=O) groups is 1. The van der Waals surface area contributed by atoms with E-state index in [9.17, 15) is 9.59 Å². The first-order valence-corrected chi connectivity index (χ1v) is 7.72. The van der Waals surface area contributed by atoms with E-state index in [1.165, 1.54) is 9.58 Å². The van der Waals surface area contributed by atoms with Crippen LogP contribution in [0.2, 0.25) is 0 Å². The van der Waals surface area contributed by atoms with Crippen molar-refractivity contribution in [1.29, 1.82) is 5.26 Å². The number of hydrogen-bond donors (Lipinski definition) is 0. The maximum absolute atomic E-state index is 12.6. The lowest BCUT2D eigenvalue weighted by molar-refractivity contribution is 0.250. The highest BCUT2D eigenvalue weighted by Gasteiger charge is 2.33. The fourth-order valence-corrected chi connectivity index (χ4v) is 2.92. The summed E-state index contributed by atoms with van der Waals surface area (Å²) < 4.78 is 2.31. The standard InChI is InChI=1S/C18H13N5O2/c19-10-13-6-4-5-7-14(13)11-22-18(25)23-16(20-22)12-21(17(23)24)15-8-2-1-3-9-15/h1-9H,11-12H2. The molecule has 3 aromatic rings. The summed E-state index contributed by atoms with van der Waals surface area (Å²) in [6.45, 7) is 0.395. The van der Waals surface area contributed by atoms with Crippen LogP contribution in [0.3, 0.4) is 0 Å². The number of benzene rings is 2. The van der Waals surface area contributed by atoms with Crippen LogP contribution in [0.5, 0.6) is 0 Å². The number of fused-ring (bicyclic) bond motifs is 1. The number of hydrogen-bond acceptors (Lipinski definition) is 4. The van der Waals surface area contributed by atoms with Gasteiger partial charge in [0.15, 0.2) is 5.82 Å². The Bertz CT molecular complexity index is 1060. The average molecular weight is 331 g/mol. The van der Waals surface area contributed by atoms with Gasteiger partial charge in [0.25, 0.3) is 0 Å². The predicted molar refractivity (Wildman–Crippen MR) is 90.2 cm³/mol. The van der Waals surface area contributed by atoms with Gasteiger partial charge in [0.05, 0.1) is 24.7 Å². The van der Waals surface area contributed by atoms with Gasteiger partial charge in [0.1, 0.15) is 0 Å². The lowest BCUT2D eigenvalue weighted by Gasteiger charge is -2.14. The van der Waals surface area contributed by atoms with Crippen molar-refractivity contribution >= 4 is 11.7 Å². The molecule has 25 heavy (non-hydrogen) atoms. The van der Waals surface area contributed by atoms with Crippen LogP contribution < -0.4 is 10.6 Å². The van der Waals surface area contributed by atoms with Crippen LogP contribution in [0.1, 0.15) is 17.0 Å². The molecule has 1 aromatic heterocycles. The number of nitrogens with zero attached hydrogens (tertiary/aromatic N) is 5. The zero-order valence-electron chi connectivity index (χ0n) is 13.2. The largest absolute Gasteiger partial charge is 0.354 e. The number of anilines is 1. The summed E-state index contributed by atoms with van der Waals surface area (Å²) in [6.07, 6.45) is 0. The molecule has 0 saturated heterocycles. The van der Waals surface area contributed by atoms with E-state index in [4.69, 9.17) is 5.26 Å². The smallest absolute Gasteiger partial charge is 0.286 e. The fraction of sp³-hybridized carbons (Fsp3) is 0.111. The second-order valence-corrected chi connectivity index (χ2v) is 5.67. The molecule has 0 unspecified atom stereocenters. The van der Waals surface area contributed by atoms with Crippen molar-refractivity contribution in [3.05, 3.63) is 82.0 Å². The van der Waals surface area contributed by atoms with Gasteiger partial charge in [-0.3, -0.25) is 4.90 Å². The van der Waals surface area contributed by atoms with Gasteiger partial charge in [-0.25, -0.2) is 14.3 Å². The van der Waals surface area contributed by atoms with Gasteiger partial charge < -0.3 is 0 Å². The first kappa shape index (κ1) is 14.9. The van der Waals surface area contributed by atoms with E-state index in [1.807, 2.05) is 30.3 Å². The van der Waals surface area contributed by atoms with Crippen LogP contribution in [0.15, 0.2) is 59.4 Å². The molecule has 2 heterocycles. The number of aromatic nitrogens is 3. The number of rotatable bonds is 3. The van der Waals surface area contributed by atoms with Gasteiger partial charge >= 0.3 is 11.7 Å². The molecule has 1 aliphatic heterocycles. The van der Waals surface area contributed by atoms with E-state index < -0.39 is 11.7 Å². The summed E-state index contributed by atoms with van der Waals surface area (Å²) in [7, 11) is 0. The Morgan fingerprint density at radius 1 is 1.04 bits per heavy atom. The van der Waals surface area contributed by atoms with E-state index in [0.717, 1.165) is 10.3 Å². The van der Waals surface area contributed by atoms with Gasteiger partial charge in [0, 0.05) is 5.69 Å². The van der Waals surface area contributed by atoms with E-state index >= 15 is 0 Å². The highest BCUT2D eigenvalue weighted by Crippen LogP contribution is 2.21. The minimum Gasteiger partial charge on any atom is -0.286 e. The van der Waals surface area contributed by atoms with Crippen molar-refractivity contribution in [3.8, 4) is 6.07 Å². The molecule has 0 radical (unpaired) electrons. The Labute approximate surface area is 143 Å². The summed E-state index contributed by atoms with van der Waals surface area (Å²) in [6, 6.07) is 17.9. The first-order valence-electron chi connectivity index (χ1n) is 7.72. The first-order chi connectivity index (χ1) is 12.2. The minimum atomic E-state index is -0.494. The Morgan fingerprint density at radius 2 is 1.76 bits per heavy atom. The fourth-order valence-electron chi connectivity index (χ4n) is 2.92. The molecule has 7 heteroatoms. The summed E-state index contributed by atoms with van der Waals surface area (Å²) in [4.78, 5) is 26.7. The summed E-state index contributed by atoms with van der Waals surface area (Å²) >= 11 is 0. The Hall–Kier alpha value is -3.66. The van der Waals surface area contributed by atoms with Crippen LogP contribution in [0.4, 0.5) is 10.5 Å². The zero-order valence-corrected chi connectivity index (χ0v) is 13.2. The average Bonchev–Trinajstić information content (AvgIpc) is 3.13. The molecule has 0 saturated carbocycles. The number of para-hydroxylation sites is 1. The van der Waals surface area contributed by atoms with Gasteiger partial charge in [-0.05, 0) is 23.8 Å². The molecule has 1 aliphatic rings. The Balaban J connectivity index is 1.67. The van der Waals surface area contributed by atoms with E-state index in [0.29, 0.717) is 17.0 Å². The third-order valence-corrected chi connectivity index (χ3v) is 4.15. The van der Waals surface area contributed by atoms with Crippen molar-refractivity contribution < 1.29 is 4.79 Å². The topological polar surface area (TPSA) is 83.9 Å². The third kappa shape index (κ3) is 2.40. The molecular formula is C18H13N5O2. The van der Waals surface area contributed by atoms with Crippen molar-refractivity contribution in [1.82, 2.24) is 14.3 Å². The number of nitriles is 1. The number of carbonyl (C=O) groups excluding carboxylic acids is 1. The van der Waals surface area contributed by atoms with Crippen molar-refractivity contribution in [2.24, 2.45) is 0 Å². The predicted octanol–water partition coefficient (Wildman–Crippen LogP) is 1.95. The van der Waals surface area contributed by atoms with Crippen molar-refractivity contribution in [3.63, 3.8) is 0 Å². The third-order valence-electron chi connectivity index (χ3n) is 4.15. The Morgan fingerprint density at radius 3 is 2.48 bits per heavy atom. The molecule has 7 nitrogen and oxygen atoms in total. The maximum Gasteiger partial charge on any atom is 0.354 e. The van der Waals surface area contributed by atoms with E-state index in [-0.39, 0.29) is 13.1 Å². The Kier molecular flexibility index (Phi) is 3.43. The molecular weight excluding hydrogens is 318 g/mol. The molecule has 122 valence electrons. The number of amides is 1. The minimum absolute atomic E-state index is 0.154. The summed E-state index contributed by atoms with van der Waals surface area (Å²) in [5.74, 6) is 0.397. The zero-order chi connectivity index (χ0) is 17.4. The van der Waals surface area contributed by atoms with Gasteiger partial charge in [0.2, 0.25) is 0 Å². The van der Waals surface area contributed by atoms with Crippen LogP contribution >= 0.6 is 0 Å². The normalized spacial score (nSPS) is 12.9. The molecule has 4 rings (SSSR count).